The second kappa shape index (κ2) is 6.05. The van der Waals surface area contributed by atoms with Crippen molar-refractivity contribution >= 4 is 11.3 Å². The molecule has 21 heavy (non-hydrogen) atoms. The number of hydrogen-bond acceptors (Lipinski definition) is 5. The highest BCUT2D eigenvalue weighted by Crippen LogP contribution is 2.36. The van der Waals surface area contributed by atoms with Crippen molar-refractivity contribution in [2.45, 2.75) is 6.10 Å². The maximum atomic E-state index is 14.1. The van der Waals surface area contributed by atoms with Gasteiger partial charge in [0, 0.05) is 18.5 Å². The van der Waals surface area contributed by atoms with Crippen LogP contribution in [0.25, 0.3) is 11.3 Å². The molecular weight excluding hydrogens is 298 g/mol. The molecule has 1 aliphatic rings. The van der Waals surface area contributed by atoms with E-state index in [1.165, 1.54) is 24.5 Å². The van der Waals surface area contributed by atoms with E-state index in [1.54, 1.807) is 5.38 Å². The molecule has 0 saturated carbocycles. The number of methoxy groups -OCH3 is 1. The van der Waals surface area contributed by atoms with Crippen LogP contribution in [0.5, 0.6) is 5.75 Å². The first-order valence-corrected chi connectivity index (χ1v) is 7.38. The Balaban J connectivity index is 1.98. The molecule has 0 spiro atoms. The van der Waals surface area contributed by atoms with Gasteiger partial charge >= 0.3 is 0 Å². The summed E-state index contributed by atoms with van der Waals surface area (Å²) >= 11 is 1.36. The van der Waals surface area contributed by atoms with E-state index >= 15 is 0 Å². The van der Waals surface area contributed by atoms with Gasteiger partial charge in [-0.05, 0) is 12.1 Å². The Morgan fingerprint density at radius 3 is 3.00 bits per heavy atom. The summed E-state index contributed by atoms with van der Waals surface area (Å²) in [6, 6.07) is 2.44. The molecule has 0 bridgehead atoms. The van der Waals surface area contributed by atoms with Crippen LogP contribution in [0.1, 0.15) is 11.1 Å². The fourth-order valence-electron chi connectivity index (χ4n) is 2.22. The lowest BCUT2D eigenvalue weighted by atomic mass is 10.1. The summed E-state index contributed by atoms with van der Waals surface area (Å²) in [7, 11) is 1.41. The van der Waals surface area contributed by atoms with Crippen LogP contribution < -0.4 is 10.1 Å². The zero-order chi connectivity index (χ0) is 14.8. The van der Waals surface area contributed by atoms with Gasteiger partial charge in [0.1, 0.15) is 16.9 Å². The van der Waals surface area contributed by atoms with Crippen molar-refractivity contribution in [3.05, 3.63) is 34.2 Å². The van der Waals surface area contributed by atoms with E-state index in [2.05, 4.69) is 10.3 Å². The number of nitrogens with zero attached hydrogens (tertiary/aromatic N) is 1. The minimum atomic E-state index is -0.950. The highest BCUT2D eigenvalue weighted by molar-refractivity contribution is 7.10. The number of halogens is 2. The molecule has 1 aromatic carbocycles. The molecule has 1 fully saturated rings. The van der Waals surface area contributed by atoms with Gasteiger partial charge in [-0.1, -0.05) is 0 Å². The van der Waals surface area contributed by atoms with Gasteiger partial charge in [-0.15, -0.1) is 11.3 Å². The Kier molecular flexibility index (Phi) is 4.14. The Bertz CT molecular complexity index is 642. The molecule has 2 heterocycles. The van der Waals surface area contributed by atoms with Gasteiger partial charge in [-0.2, -0.15) is 0 Å². The normalized spacial score (nSPS) is 18.7. The first-order valence-electron chi connectivity index (χ1n) is 6.51. The smallest absolute Gasteiger partial charge is 0.171 e. The predicted octanol–water partition coefficient (Wildman–Crippen LogP) is 2.76. The second-order valence-electron chi connectivity index (χ2n) is 4.57. The quantitative estimate of drug-likeness (QED) is 0.946. The van der Waals surface area contributed by atoms with E-state index < -0.39 is 11.6 Å². The molecule has 112 valence electrons. The van der Waals surface area contributed by atoms with Crippen LogP contribution in [0, 0.1) is 11.6 Å². The Morgan fingerprint density at radius 2 is 2.29 bits per heavy atom. The highest BCUT2D eigenvalue weighted by atomic mass is 32.1. The lowest BCUT2D eigenvalue weighted by molar-refractivity contribution is 0.0276. The van der Waals surface area contributed by atoms with Crippen LogP contribution in [0.2, 0.25) is 0 Å². The van der Waals surface area contributed by atoms with E-state index in [1.807, 2.05) is 0 Å². The average molecular weight is 312 g/mol. The van der Waals surface area contributed by atoms with Gasteiger partial charge in [0.15, 0.2) is 11.6 Å². The molecule has 1 aromatic heterocycles. The number of rotatable bonds is 3. The lowest BCUT2D eigenvalue weighted by Gasteiger charge is -2.21. The molecule has 0 unspecified atom stereocenters. The molecule has 3 rings (SSSR count). The molecular formula is C14H14F2N2O2S. The molecule has 1 atom stereocenters. The standard InChI is InChI=1S/C14H14F2N2O2S/c1-19-10-3-2-8(15)13(16)12(10)9-7-21-14(18-9)11-6-17-4-5-20-11/h2-3,7,11,17H,4-6H2,1H3/t11-/m1/s1. The third-order valence-electron chi connectivity index (χ3n) is 3.26. The van der Waals surface area contributed by atoms with Crippen molar-refractivity contribution in [2.24, 2.45) is 0 Å². The van der Waals surface area contributed by atoms with E-state index in [0.717, 1.165) is 17.6 Å². The number of aromatic nitrogens is 1. The van der Waals surface area contributed by atoms with Gasteiger partial charge < -0.3 is 14.8 Å². The zero-order valence-electron chi connectivity index (χ0n) is 11.4. The SMILES string of the molecule is COc1ccc(F)c(F)c1-c1csc([C@H]2CNCCO2)n1. The fourth-order valence-corrected chi connectivity index (χ4v) is 3.07. The topological polar surface area (TPSA) is 43.4 Å². The van der Waals surface area contributed by atoms with Crippen molar-refractivity contribution in [3.63, 3.8) is 0 Å². The average Bonchev–Trinajstić information content (AvgIpc) is 3.00. The van der Waals surface area contributed by atoms with E-state index in [-0.39, 0.29) is 17.4 Å². The van der Waals surface area contributed by atoms with Crippen molar-refractivity contribution in [3.8, 4) is 17.0 Å². The fraction of sp³-hybridized carbons (Fsp3) is 0.357. The minimum Gasteiger partial charge on any atom is -0.496 e. The van der Waals surface area contributed by atoms with Gasteiger partial charge in [-0.3, -0.25) is 0 Å². The van der Waals surface area contributed by atoms with Crippen LogP contribution >= 0.6 is 11.3 Å². The molecule has 0 radical (unpaired) electrons. The number of nitrogens with one attached hydrogen (secondary N) is 1. The maximum Gasteiger partial charge on any atom is 0.171 e. The largest absolute Gasteiger partial charge is 0.496 e. The van der Waals surface area contributed by atoms with E-state index in [4.69, 9.17) is 9.47 Å². The third-order valence-corrected chi connectivity index (χ3v) is 4.19. The molecule has 2 aromatic rings. The molecule has 0 aliphatic carbocycles. The third kappa shape index (κ3) is 2.76. The number of morpholine rings is 1. The van der Waals surface area contributed by atoms with Gasteiger partial charge in [0.05, 0.1) is 25.0 Å². The number of thiazole rings is 1. The molecule has 1 saturated heterocycles. The van der Waals surface area contributed by atoms with Crippen LogP contribution in [0.15, 0.2) is 17.5 Å². The lowest BCUT2D eigenvalue weighted by Crippen LogP contribution is -2.33. The van der Waals surface area contributed by atoms with Crippen molar-refractivity contribution in [1.82, 2.24) is 10.3 Å². The maximum absolute atomic E-state index is 14.1. The molecule has 4 nitrogen and oxygen atoms in total. The zero-order valence-corrected chi connectivity index (χ0v) is 12.2. The van der Waals surface area contributed by atoms with Gasteiger partial charge in [-0.25, -0.2) is 13.8 Å². The summed E-state index contributed by atoms with van der Waals surface area (Å²) in [5.41, 5.74) is 0.404. The van der Waals surface area contributed by atoms with E-state index in [9.17, 15) is 8.78 Å². The number of ether oxygens (including phenoxy) is 2. The molecule has 0 amide bonds. The first kappa shape index (κ1) is 14.4. The van der Waals surface area contributed by atoms with Crippen molar-refractivity contribution in [2.75, 3.05) is 26.8 Å². The van der Waals surface area contributed by atoms with Crippen LogP contribution in [0.3, 0.4) is 0 Å². The molecule has 1 N–H and O–H groups in total. The summed E-state index contributed by atoms with van der Waals surface area (Å²) in [6.45, 7) is 2.08. The van der Waals surface area contributed by atoms with Gasteiger partial charge in [0.25, 0.3) is 0 Å². The van der Waals surface area contributed by atoms with Crippen LogP contribution in [-0.4, -0.2) is 31.8 Å². The Hall–Kier alpha value is -1.57. The minimum absolute atomic E-state index is 0.0452. The van der Waals surface area contributed by atoms with Crippen molar-refractivity contribution in [1.29, 1.82) is 0 Å². The monoisotopic (exact) mass is 312 g/mol. The first-order chi connectivity index (χ1) is 10.2. The predicted molar refractivity (Wildman–Crippen MR) is 75.6 cm³/mol. The second-order valence-corrected chi connectivity index (χ2v) is 5.46. The van der Waals surface area contributed by atoms with E-state index in [0.29, 0.717) is 18.8 Å². The van der Waals surface area contributed by atoms with Crippen molar-refractivity contribution < 1.29 is 18.3 Å². The summed E-state index contributed by atoms with van der Waals surface area (Å²) in [5, 5.41) is 5.64. The molecule has 1 aliphatic heterocycles. The van der Waals surface area contributed by atoms with Gasteiger partial charge in [0.2, 0.25) is 0 Å². The molecule has 7 heteroatoms. The number of hydrogen-bond donors (Lipinski definition) is 1. The summed E-state index contributed by atoms with van der Waals surface area (Å²) in [5.74, 6) is -1.61. The Labute approximate surface area is 124 Å². The van der Waals surface area contributed by atoms with Crippen LogP contribution in [-0.2, 0) is 4.74 Å². The van der Waals surface area contributed by atoms with Crippen LogP contribution in [0.4, 0.5) is 8.78 Å². The number of benzene rings is 1. The highest BCUT2D eigenvalue weighted by Gasteiger charge is 2.23. The summed E-state index contributed by atoms with van der Waals surface area (Å²) in [4.78, 5) is 4.38. The summed E-state index contributed by atoms with van der Waals surface area (Å²) < 4.78 is 38.2. The Morgan fingerprint density at radius 1 is 1.43 bits per heavy atom. The summed E-state index contributed by atoms with van der Waals surface area (Å²) in [6.07, 6.45) is -0.153.